The first-order valence-electron chi connectivity index (χ1n) is 7.06. The lowest BCUT2D eigenvalue weighted by molar-refractivity contribution is 0.245. The number of nitrogens with zero attached hydrogens (tertiary/aromatic N) is 2. The Labute approximate surface area is 113 Å². The van der Waals surface area contributed by atoms with Gasteiger partial charge >= 0.3 is 0 Å². The lowest BCUT2D eigenvalue weighted by Gasteiger charge is -2.10. The van der Waals surface area contributed by atoms with E-state index in [9.17, 15) is 0 Å². The molecule has 0 aliphatic heterocycles. The SMILES string of the molecule is CC(C)Oc1cccc2c1nc(N)n2CCC1CC1. The highest BCUT2D eigenvalue weighted by molar-refractivity contribution is 5.84. The predicted molar refractivity (Wildman–Crippen MR) is 77.3 cm³/mol. The average molecular weight is 259 g/mol. The molecule has 0 radical (unpaired) electrons. The van der Waals surface area contributed by atoms with Crippen LogP contribution in [0.2, 0.25) is 0 Å². The van der Waals surface area contributed by atoms with Gasteiger partial charge in [-0.3, -0.25) is 0 Å². The van der Waals surface area contributed by atoms with E-state index in [2.05, 4.69) is 15.6 Å². The summed E-state index contributed by atoms with van der Waals surface area (Å²) in [5, 5.41) is 0. The molecule has 1 fully saturated rings. The number of ether oxygens (including phenoxy) is 1. The van der Waals surface area contributed by atoms with Crippen molar-refractivity contribution in [3.8, 4) is 5.75 Å². The van der Waals surface area contributed by atoms with Crippen LogP contribution in [0, 0.1) is 5.92 Å². The minimum Gasteiger partial charge on any atom is -0.489 e. The quantitative estimate of drug-likeness (QED) is 0.897. The number of aromatic nitrogens is 2. The van der Waals surface area contributed by atoms with E-state index in [4.69, 9.17) is 10.5 Å². The van der Waals surface area contributed by atoms with E-state index in [1.54, 1.807) is 0 Å². The molecular formula is C15H21N3O. The molecule has 3 rings (SSSR count). The zero-order chi connectivity index (χ0) is 13.4. The normalized spacial score (nSPS) is 15.3. The summed E-state index contributed by atoms with van der Waals surface area (Å²) in [6, 6.07) is 6.04. The fraction of sp³-hybridized carbons (Fsp3) is 0.533. The molecule has 4 nitrogen and oxygen atoms in total. The van der Waals surface area contributed by atoms with Gasteiger partial charge in [-0.05, 0) is 38.3 Å². The van der Waals surface area contributed by atoms with Gasteiger partial charge in [0.05, 0.1) is 11.6 Å². The predicted octanol–water partition coefficient (Wildman–Crippen LogP) is 3.21. The van der Waals surface area contributed by atoms with Gasteiger partial charge in [0.25, 0.3) is 0 Å². The summed E-state index contributed by atoms with van der Waals surface area (Å²) < 4.78 is 7.91. The van der Waals surface area contributed by atoms with Crippen LogP contribution < -0.4 is 10.5 Å². The van der Waals surface area contributed by atoms with Crippen molar-refractivity contribution in [2.24, 2.45) is 5.92 Å². The van der Waals surface area contributed by atoms with Gasteiger partial charge < -0.3 is 15.0 Å². The van der Waals surface area contributed by atoms with Crippen molar-refractivity contribution in [1.82, 2.24) is 9.55 Å². The Morgan fingerprint density at radius 2 is 2.21 bits per heavy atom. The second kappa shape index (κ2) is 4.76. The van der Waals surface area contributed by atoms with Crippen LogP contribution in [0.15, 0.2) is 18.2 Å². The Morgan fingerprint density at radius 3 is 2.89 bits per heavy atom. The molecule has 19 heavy (non-hydrogen) atoms. The number of nitrogen functional groups attached to an aromatic ring is 1. The molecule has 0 spiro atoms. The number of fused-ring (bicyclic) bond motifs is 1. The molecule has 2 aromatic rings. The van der Waals surface area contributed by atoms with E-state index in [-0.39, 0.29) is 6.10 Å². The summed E-state index contributed by atoms with van der Waals surface area (Å²) in [6.07, 6.45) is 4.08. The minimum atomic E-state index is 0.142. The Kier molecular flexibility index (Phi) is 3.09. The number of aryl methyl sites for hydroxylation is 1. The van der Waals surface area contributed by atoms with Gasteiger partial charge in [0.15, 0.2) is 0 Å². The molecule has 1 aliphatic rings. The van der Waals surface area contributed by atoms with Crippen LogP contribution in [0.25, 0.3) is 11.0 Å². The number of para-hydroxylation sites is 1. The van der Waals surface area contributed by atoms with Gasteiger partial charge in [0, 0.05) is 6.54 Å². The van der Waals surface area contributed by atoms with Crippen LogP contribution in [0.3, 0.4) is 0 Å². The highest BCUT2D eigenvalue weighted by Crippen LogP contribution is 2.34. The molecule has 1 heterocycles. The molecule has 0 bridgehead atoms. The Hall–Kier alpha value is -1.71. The summed E-state index contributed by atoms with van der Waals surface area (Å²) in [7, 11) is 0. The van der Waals surface area contributed by atoms with E-state index >= 15 is 0 Å². The first kappa shape index (κ1) is 12.3. The second-order valence-electron chi connectivity index (χ2n) is 5.64. The summed E-state index contributed by atoms with van der Waals surface area (Å²) in [5.41, 5.74) is 8.02. The van der Waals surface area contributed by atoms with Crippen LogP contribution in [0.1, 0.15) is 33.1 Å². The topological polar surface area (TPSA) is 53.1 Å². The average Bonchev–Trinajstić information content (AvgIpc) is 3.11. The number of hydrogen-bond acceptors (Lipinski definition) is 3. The van der Waals surface area contributed by atoms with Crippen LogP contribution >= 0.6 is 0 Å². The Morgan fingerprint density at radius 1 is 1.42 bits per heavy atom. The molecule has 1 saturated carbocycles. The molecule has 0 amide bonds. The number of hydrogen-bond donors (Lipinski definition) is 1. The fourth-order valence-corrected chi connectivity index (χ4v) is 2.44. The first-order chi connectivity index (χ1) is 9.15. The maximum absolute atomic E-state index is 6.06. The first-order valence-corrected chi connectivity index (χ1v) is 7.06. The fourth-order valence-electron chi connectivity index (χ4n) is 2.44. The van der Waals surface area contributed by atoms with Crippen molar-refractivity contribution in [3.05, 3.63) is 18.2 Å². The number of anilines is 1. The zero-order valence-corrected chi connectivity index (χ0v) is 11.6. The summed E-state index contributed by atoms with van der Waals surface area (Å²) >= 11 is 0. The molecule has 1 aromatic carbocycles. The van der Waals surface area contributed by atoms with Crippen molar-refractivity contribution in [2.45, 2.75) is 45.8 Å². The van der Waals surface area contributed by atoms with Gasteiger partial charge in [-0.2, -0.15) is 0 Å². The summed E-state index contributed by atoms with van der Waals surface area (Å²) in [4.78, 5) is 4.48. The van der Waals surface area contributed by atoms with Crippen molar-refractivity contribution in [2.75, 3.05) is 5.73 Å². The number of nitrogens with two attached hydrogens (primary N) is 1. The molecule has 0 unspecified atom stereocenters. The molecule has 0 saturated heterocycles. The zero-order valence-electron chi connectivity index (χ0n) is 11.6. The molecule has 0 atom stereocenters. The van der Waals surface area contributed by atoms with Crippen LogP contribution in [0.5, 0.6) is 5.75 Å². The van der Waals surface area contributed by atoms with E-state index in [0.717, 1.165) is 29.2 Å². The second-order valence-corrected chi connectivity index (χ2v) is 5.64. The molecule has 102 valence electrons. The van der Waals surface area contributed by atoms with Crippen molar-refractivity contribution in [3.63, 3.8) is 0 Å². The number of rotatable bonds is 5. The maximum Gasteiger partial charge on any atom is 0.201 e. The van der Waals surface area contributed by atoms with Gasteiger partial charge in [0.1, 0.15) is 11.3 Å². The van der Waals surface area contributed by atoms with E-state index < -0.39 is 0 Å². The van der Waals surface area contributed by atoms with E-state index in [1.165, 1.54) is 19.3 Å². The van der Waals surface area contributed by atoms with Crippen molar-refractivity contribution >= 4 is 17.0 Å². The number of imidazole rings is 1. The molecule has 2 N–H and O–H groups in total. The van der Waals surface area contributed by atoms with Crippen LogP contribution in [0.4, 0.5) is 5.95 Å². The lowest BCUT2D eigenvalue weighted by atomic mass is 10.2. The number of benzene rings is 1. The van der Waals surface area contributed by atoms with Gasteiger partial charge in [-0.15, -0.1) is 0 Å². The van der Waals surface area contributed by atoms with Gasteiger partial charge in [0.2, 0.25) is 5.95 Å². The third-order valence-corrected chi connectivity index (χ3v) is 3.59. The molecule has 1 aromatic heterocycles. The van der Waals surface area contributed by atoms with E-state index in [0.29, 0.717) is 5.95 Å². The standard InChI is InChI=1S/C15H21N3O/c1-10(2)19-13-5-3-4-12-14(13)17-15(16)18(12)9-8-11-6-7-11/h3-5,10-11H,6-9H2,1-2H3,(H2,16,17). The highest BCUT2D eigenvalue weighted by atomic mass is 16.5. The Balaban J connectivity index is 1.95. The molecular weight excluding hydrogens is 238 g/mol. The van der Waals surface area contributed by atoms with Crippen LogP contribution in [-0.2, 0) is 6.54 Å². The van der Waals surface area contributed by atoms with Crippen molar-refractivity contribution in [1.29, 1.82) is 0 Å². The third kappa shape index (κ3) is 2.53. The third-order valence-electron chi connectivity index (χ3n) is 3.59. The molecule has 1 aliphatic carbocycles. The van der Waals surface area contributed by atoms with E-state index in [1.807, 2.05) is 26.0 Å². The lowest BCUT2D eigenvalue weighted by Crippen LogP contribution is -2.06. The van der Waals surface area contributed by atoms with Crippen LogP contribution in [-0.4, -0.2) is 15.7 Å². The molecule has 4 heteroatoms. The Bertz CT molecular complexity index is 584. The maximum atomic E-state index is 6.06. The smallest absolute Gasteiger partial charge is 0.201 e. The van der Waals surface area contributed by atoms with Crippen molar-refractivity contribution < 1.29 is 4.74 Å². The van der Waals surface area contributed by atoms with Gasteiger partial charge in [-0.25, -0.2) is 4.98 Å². The summed E-state index contributed by atoms with van der Waals surface area (Å²) in [5.74, 6) is 2.31. The van der Waals surface area contributed by atoms with Gasteiger partial charge in [-0.1, -0.05) is 18.9 Å². The largest absolute Gasteiger partial charge is 0.489 e. The minimum absolute atomic E-state index is 0.142. The summed E-state index contributed by atoms with van der Waals surface area (Å²) in [6.45, 7) is 5.00. The monoisotopic (exact) mass is 259 g/mol. The highest BCUT2D eigenvalue weighted by Gasteiger charge is 2.22.